The van der Waals surface area contributed by atoms with Crippen LogP contribution in [-0.4, -0.2) is 97.5 Å². The lowest BCUT2D eigenvalue weighted by molar-refractivity contribution is -0.0794. The van der Waals surface area contributed by atoms with Crippen molar-refractivity contribution in [3.63, 3.8) is 0 Å². The van der Waals surface area contributed by atoms with E-state index in [0.29, 0.717) is 66.4 Å². The molecule has 4 aromatic rings. The third-order valence-corrected chi connectivity index (χ3v) is 6.97. The van der Waals surface area contributed by atoms with Crippen molar-refractivity contribution in [1.29, 1.82) is 0 Å². The maximum Gasteiger partial charge on any atom is 0.243 e. The predicted octanol–water partition coefficient (Wildman–Crippen LogP) is 2.46. The summed E-state index contributed by atoms with van der Waals surface area (Å²) in [4.78, 5) is 11.4. The van der Waals surface area contributed by atoms with Crippen molar-refractivity contribution in [2.24, 2.45) is 0 Å². The van der Waals surface area contributed by atoms with E-state index in [0.717, 1.165) is 12.1 Å². The van der Waals surface area contributed by atoms with E-state index in [1.807, 2.05) is 6.07 Å². The number of hydrogen-bond donors (Lipinski definition) is 2. The van der Waals surface area contributed by atoms with Gasteiger partial charge < -0.3 is 15.4 Å². The average Bonchev–Trinajstić information content (AvgIpc) is 3.46. The van der Waals surface area contributed by atoms with Crippen LogP contribution < -0.4 is 10.6 Å². The number of nitrogens with zero attached hydrogens (tertiary/aromatic N) is 8. The molecule has 2 fully saturated rings. The van der Waals surface area contributed by atoms with Crippen molar-refractivity contribution in [2.75, 3.05) is 44.0 Å². The molecule has 196 valence electrons. The average molecular weight is 517 g/mol. The van der Waals surface area contributed by atoms with Gasteiger partial charge in [0.05, 0.1) is 37.5 Å². The molecule has 0 spiro atoms. The van der Waals surface area contributed by atoms with Gasteiger partial charge >= 0.3 is 0 Å². The molecule has 2 aliphatic rings. The molecule has 6 rings (SSSR count). The molecule has 0 bridgehead atoms. The lowest BCUT2D eigenvalue weighted by atomic mass is 10.0. The monoisotopic (exact) mass is 516 g/mol. The van der Waals surface area contributed by atoms with Gasteiger partial charge in [-0.15, -0.1) is 10.2 Å². The summed E-state index contributed by atoms with van der Waals surface area (Å²) in [6, 6.07) is 5.33. The first kappa shape index (κ1) is 23.9. The van der Waals surface area contributed by atoms with Crippen molar-refractivity contribution in [2.45, 2.75) is 44.1 Å². The molecule has 0 unspecified atom stereocenters. The predicted molar refractivity (Wildman–Crippen MR) is 131 cm³/mol. The first-order valence-corrected chi connectivity index (χ1v) is 12.3. The molecule has 0 amide bonds. The molecule has 0 aromatic carbocycles. The highest BCUT2D eigenvalue weighted by molar-refractivity contribution is 5.89. The molecule has 11 nitrogen and oxygen atoms in total. The molecule has 6 heterocycles. The SMILES string of the molecule is CNc1nc(N[C@H]2CCN(C3COC3)C[C@H]2F)nn2ccc(-c3ccc4nnn(CCC(F)F)c4n3)c12. The second-order valence-corrected chi connectivity index (χ2v) is 9.33. The largest absolute Gasteiger partial charge is 0.378 e. The quantitative estimate of drug-likeness (QED) is 0.365. The lowest BCUT2D eigenvalue weighted by Crippen LogP contribution is -2.57. The molecule has 2 atom stereocenters. The minimum atomic E-state index is -2.44. The number of fused-ring (bicyclic) bond motifs is 2. The summed E-state index contributed by atoms with van der Waals surface area (Å²) in [6.07, 6.45) is -1.40. The number of nitrogens with one attached hydrogen (secondary N) is 2. The molecule has 4 aromatic heterocycles. The number of likely N-dealkylation sites (tertiary alicyclic amines) is 1. The third kappa shape index (κ3) is 4.55. The minimum absolute atomic E-state index is 0.0178. The normalized spacial score (nSPS) is 21.1. The molecular weight excluding hydrogens is 489 g/mol. The van der Waals surface area contributed by atoms with Crippen LogP contribution in [0.5, 0.6) is 0 Å². The van der Waals surface area contributed by atoms with Crippen molar-refractivity contribution in [3.05, 3.63) is 24.4 Å². The lowest BCUT2D eigenvalue weighted by Gasteiger charge is -2.42. The zero-order valence-corrected chi connectivity index (χ0v) is 20.2. The maximum atomic E-state index is 15.0. The Bertz CT molecular complexity index is 1400. The fourth-order valence-corrected chi connectivity index (χ4v) is 4.86. The first-order valence-electron chi connectivity index (χ1n) is 12.3. The Kier molecular flexibility index (Phi) is 6.28. The number of pyridine rings is 1. The zero-order chi connectivity index (χ0) is 25.5. The number of hydrogen-bond acceptors (Lipinski definition) is 9. The number of anilines is 2. The number of piperidine rings is 1. The number of rotatable bonds is 8. The van der Waals surface area contributed by atoms with Gasteiger partial charge in [-0.25, -0.2) is 27.4 Å². The van der Waals surface area contributed by atoms with E-state index in [9.17, 15) is 13.2 Å². The van der Waals surface area contributed by atoms with Gasteiger partial charge in [0.15, 0.2) is 11.5 Å². The topological polar surface area (TPSA) is 110 Å². The smallest absolute Gasteiger partial charge is 0.243 e. The molecule has 14 heteroatoms. The zero-order valence-electron chi connectivity index (χ0n) is 20.2. The van der Waals surface area contributed by atoms with E-state index in [2.05, 4.69) is 40.9 Å². The van der Waals surface area contributed by atoms with E-state index >= 15 is 0 Å². The summed E-state index contributed by atoms with van der Waals surface area (Å²) in [5, 5.41) is 18.8. The van der Waals surface area contributed by atoms with E-state index < -0.39 is 12.6 Å². The summed E-state index contributed by atoms with van der Waals surface area (Å²) in [6.45, 7) is 2.50. The summed E-state index contributed by atoms with van der Waals surface area (Å²) < 4.78 is 48.7. The highest BCUT2D eigenvalue weighted by atomic mass is 19.3. The number of alkyl halides is 3. The maximum absolute atomic E-state index is 15.0. The summed E-state index contributed by atoms with van der Waals surface area (Å²) in [7, 11) is 1.75. The number of aryl methyl sites for hydroxylation is 1. The van der Waals surface area contributed by atoms with Crippen LogP contribution in [0.1, 0.15) is 12.8 Å². The van der Waals surface area contributed by atoms with E-state index in [1.54, 1.807) is 29.9 Å². The molecule has 2 saturated heterocycles. The Labute approximate surface area is 210 Å². The van der Waals surface area contributed by atoms with Crippen molar-refractivity contribution in [1.82, 2.24) is 39.5 Å². The van der Waals surface area contributed by atoms with Gasteiger partial charge in [0, 0.05) is 38.3 Å². The van der Waals surface area contributed by atoms with Crippen LogP contribution in [0.15, 0.2) is 24.4 Å². The van der Waals surface area contributed by atoms with Crippen LogP contribution in [0.2, 0.25) is 0 Å². The van der Waals surface area contributed by atoms with Gasteiger partial charge in [0.1, 0.15) is 17.2 Å². The highest BCUT2D eigenvalue weighted by Gasteiger charge is 2.35. The summed E-state index contributed by atoms with van der Waals surface area (Å²) >= 11 is 0. The molecule has 0 radical (unpaired) electrons. The Morgan fingerprint density at radius 1 is 1.19 bits per heavy atom. The van der Waals surface area contributed by atoms with Gasteiger partial charge in [-0.1, -0.05) is 5.21 Å². The van der Waals surface area contributed by atoms with Crippen LogP contribution in [0, 0.1) is 0 Å². The Morgan fingerprint density at radius 2 is 2.05 bits per heavy atom. The summed E-state index contributed by atoms with van der Waals surface area (Å²) in [5.41, 5.74) is 2.99. The summed E-state index contributed by atoms with van der Waals surface area (Å²) in [5.74, 6) is 0.868. The first-order chi connectivity index (χ1) is 18.0. The molecule has 2 N–H and O–H groups in total. The van der Waals surface area contributed by atoms with Crippen LogP contribution in [-0.2, 0) is 11.3 Å². The fourth-order valence-electron chi connectivity index (χ4n) is 4.86. The van der Waals surface area contributed by atoms with Gasteiger partial charge in [0.25, 0.3) is 0 Å². The van der Waals surface area contributed by atoms with Crippen LogP contribution in [0.25, 0.3) is 27.9 Å². The molecular formula is C23H27F3N10O. The standard InChI is InChI=1S/C23H27F3N10O/c1-27-21-20-14(16-2-3-18-22(28-16)36(33-31-18)9-6-19(25)26)4-8-35(20)32-23(30-21)29-17-5-7-34(10-15(17)24)13-11-37-12-13/h2-4,8,13,15,17,19H,5-7,9-12H2,1H3,(H2,27,29,30,32)/t15-,17+/m1/s1. The fraction of sp³-hybridized carbons (Fsp3) is 0.522. The second kappa shape index (κ2) is 9.74. The van der Waals surface area contributed by atoms with Gasteiger partial charge in [-0.2, -0.15) is 4.98 Å². The number of aromatic nitrogens is 7. The molecule has 37 heavy (non-hydrogen) atoms. The van der Waals surface area contributed by atoms with Crippen LogP contribution in [0.4, 0.5) is 24.9 Å². The highest BCUT2D eigenvalue weighted by Crippen LogP contribution is 2.30. The van der Waals surface area contributed by atoms with Gasteiger partial charge in [-0.3, -0.25) is 4.90 Å². The van der Waals surface area contributed by atoms with Crippen LogP contribution in [0.3, 0.4) is 0 Å². The number of ether oxygens (including phenoxy) is 1. The van der Waals surface area contributed by atoms with Crippen molar-refractivity contribution in [3.8, 4) is 11.3 Å². The minimum Gasteiger partial charge on any atom is -0.378 e. The Morgan fingerprint density at radius 3 is 2.78 bits per heavy atom. The number of halogens is 3. The third-order valence-electron chi connectivity index (χ3n) is 6.97. The molecule has 0 saturated carbocycles. The van der Waals surface area contributed by atoms with Gasteiger partial charge in [0.2, 0.25) is 12.4 Å². The van der Waals surface area contributed by atoms with Crippen LogP contribution >= 0.6 is 0 Å². The van der Waals surface area contributed by atoms with E-state index in [-0.39, 0.29) is 19.0 Å². The van der Waals surface area contributed by atoms with E-state index in [1.165, 1.54) is 4.68 Å². The van der Waals surface area contributed by atoms with Crippen molar-refractivity contribution >= 4 is 28.4 Å². The molecule has 2 aliphatic heterocycles. The second-order valence-electron chi connectivity index (χ2n) is 9.33. The Hall–Kier alpha value is -3.52. The van der Waals surface area contributed by atoms with Crippen molar-refractivity contribution < 1.29 is 17.9 Å². The molecule has 0 aliphatic carbocycles. The van der Waals surface area contributed by atoms with Gasteiger partial charge in [-0.05, 0) is 24.6 Å². The Balaban J connectivity index is 1.26. The van der Waals surface area contributed by atoms with E-state index in [4.69, 9.17) is 4.74 Å².